The van der Waals surface area contributed by atoms with Gasteiger partial charge in [0.15, 0.2) is 5.16 Å². The summed E-state index contributed by atoms with van der Waals surface area (Å²) < 4.78 is 8.05. The first kappa shape index (κ1) is 20.4. The lowest BCUT2D eigenvalue weighted by Crippen LogP contribution is -2.36. The first-order valence-corrected chi connectivity index (χ1v) is 10.9. The molecular weight excluding hydrogens is 400 g/mol. The Kier molecular flexibility index (Phi) is 5.27. The highest BCUT2D eigenvalue weighted by molar-refractivity contribution is 7.99. The van der Waals surface area contributed by atoms with Crippen molar-refractivity contribution in [2.75, 3.05) is 12.4 Å². The van der Waals surface area contributed by atoms with Crippen LogP contribution in [0.2, 0.25) is 0 Å². The lowest BCUT2D eigenvalue weighted by Gasteiger charge is -2.32. The lowest BCUT2D eigenvalue weighted by molar-refractivity contribution is -0.143. The van der Waals surface area contributed by atoms with E-state index in [0.717, 1.165) is 17.5 Å². The molecule has 3 aromatic rings. The highest BCUT2D eigenvalue weighted by atomic mass is 32.2. The Morgan fingerprint density at radius 2 is 2.13 bits per heavy atom. The van der Waals surface area contributed by atoms with Crippen molar-refractivity contribution in [3.63, 3.8) is 0 Å². The van der Waals surface area contributed by atoms with E-state index in [1.54, 1.807) is 13.0 Å². The fourth-order valence-corrected chi connectivity index (χ4v) is 4.70. The topological polar surface area (TPSA) is 78.5 Å². The van der Waals surface area contributed by atoms with Gasteiger partial charge in [0.1, 0.15) is 6.54 Å². The van der Waals surface area contributed by atoms with E-state index >= 15 is 0 Å². The first-order valence-electron chi connectivity index (χ1n) is 9.89. The van der Waals surface area contributed by atoms with Crippen LogP contribution in [0.15, 0.2) is 46.9 Å². The van der Waals surface area contributed by atoms with Gasteiger partial charge in [-0.2, -0.15) is 0 Å². The molecule has 0 saturated carbocycles. The van der Waals surface area contributed by atoms with Crippen molar-refractivity contribution in [3.05, 3.63) is 58.4 Å². The van der Waals surface area contributed by atoms with Crippen LogP contribution >= 0.6 is 11.8 Å². The molecule has 0 fully saturated rings. The third-order valence-corrected chi connectivity index (χ3v) is 6.11. The van der Waals surface area contributed by atoms with E-state index in [0.29, 0.717) is 27.9 Å². The van der Waals surface area contributed by atoms with Gasteiger partial charge in [0, 0.05) is 16.7 Å². The van der Waals surface area contributed by atoms with E-state index < -0.39 is 5.97 Å². The summed E-state index contributed by atoms with van der Waals surface area (Å²) in [7, 11) is 0. The highest BCUT2D eigenvalue weighted by Gasteiger charge is 2.36. The smallest absolute Gasteiger partial charge is 0.327 e. The minimum absolute atomic E-state index is 0.109. The molecule has 8 heteroatoms. The van der Waals surface area contributed by atoms with E-state index in [9.17, 15) is 9.59 Å². The van der Waals surface area contributed by atoms with Crippen molar-refractivity contribution >= 4 is 23.5 Å². The largest absolute Gasteiger partial charge is 0.465 e. The van der Waals surface area contributed by atoms with Crippen LogP contribution in [0.25, 0.3) is 17.0 Å². The number of carbonyl (C=O) groups is 1. The molecule has 7 nitrogen and oxygen atoms in total. The minimum atomic E-state index is -0.421. The summed E-state index contributed by atoms with van der Waals surface area (Å²) in [5.74, 6) is 0.503. The molecule has 0 N–H and O–H groups in total. The average molecular weight is 425 g/mol. The number of rotatable bonds is 6. The predicted molar refractivity (Wildman–Crippen MR) is 117 cm³/mol. The molecule has 0 aliphatic heterocycles. The summed E-state index contributed by atoms with van der Waals surface area (Å²) in [5, 5.41) is 5.01. The predicted octanol–water partition coefficient (Wildman–Crippen LogP) is 3.23. The molecule has 0 saturated heterocycles. The minimum Gasteiger partial charge on any atom is -0.465 e. The molecular formula is C22H24N4O3S. The Morgan fingerprint density at radius 3 is 2.87 bits per heavy atom. The second kappa shape index (κ2) is 7.75. The van der Waals surface area contributed by atoms with Gasteiger partial charge in [-0.1, -0.05) is 56.0 Å². The SMILES string of the molecule is C=CCSc1nn(CC(=O)OCC)c2nc3c(c(=O)n12)C(C)(C)Cc1ccccc1-3. The van der Waals surface area contributed by atoms with Gasteiger partial charge in [-0.05, 0) is 18.9 Å². The summed E-state index contributed by atoms with van der Waals surface area (Å²) >= 11 is 1.38. The van der Waals surface area contributed by atoms with Gasteiger partial charge in [-0.25, -0.2) is 14.1 Å². The normalized spacial score (nSPS) is 14.2. The molecule has 1 aliphatic carbocycles. The number of hydrogen-bond donors (Lipinski definition) is 0. The van der Waals surface area contributed by atoms with Gasteiger partial charge in [0.2, 0.25) is 5.78 Å². The molecule has 0 radical (unpaired) electrons. The number of ether oxygens (including phenoxy) is 1. The van der Waals surface area contributed by atoms with Gasteiger partial charge < -0.3 is 4.74 Å². The molecule has 2 aromatic heterocycles. The standard InChI is InChI=1S/C22H24N4O3S/c1-5-11-30-21-24-25(13-16(27)29-6-2)20-23-18-15-10-8-7-9-14(15)12-22(3,4)17(18)19(28)26(20)21/h5,7-10H,1,6,11-13H2,2-4H3. The third-order valence-electron chi connectivity index (χ3n) is 5.19. The number of hydrogen-bond acceptors (Lipinski definition) is 6. The van der Waals surface area contributed by atoms with Crippen molar-refractivity contribution in [2.24, 2.45) is 0 Å². The lowest BCUT2D eigenvalue weighted by atomic mass is 9.72. The van der Waals surface area contributed by atoms with E-state index in [4.69, 9.17) is 9.72 Å². The van der Waals surface area contributed by atoms with Crippen molar-refractivity contribution in [3.8, 4) is 11.3 Å². The number of esters is 1. The second-order valence-electron chi connectivity index (χ2n) is 7.84. The van der Waals surface area contributed by atoms with Crippen LogP contribution in [0.1, 0.15) is 31.9 Å². The molecule has 2 heterocycles. The van der Waals surface area contributed by atoms with Crippen LogP contribution < -0.4 is 5.56 Å². The molecule has 1 aliphatic rings. The zero-order chi connectivity index (χ0) is 21.5. The van der Waals surface area contributed by atoms with Crippen molar-refractivity contribution < 1.29 is 9.53 Å². The monoisotopic (exact) mass is 424 g/mol. The maximum Gasteiger partial charge on any atom is 0.327 e. The van der Waals surface area contributed by atoms with Gasteiger partial charge in [0.05, 0.1) is 17.9 Å². The van der Waals surface area contributed by atoms with Crippen LogP contribution in [0, 0.1) is 0 Å². The number of nitrogens with zero attached hydrogens (tertiary/aromatic N) is 4. The van der Waals surface area contributed by atoms with E-state index in [2.05, 4.69) is 31.6 Å². The van der Waals surface area contributed by atoms with E-state index in [1.807, 2.05) is 18.2 Å². The molecule has 0 amide bonds. The number of thioether (sulfide) groups is 1. The van der Waals surface area contributed by atoms with Crippen LogP contribution in [0.4, 0.5) is 0 Å². The first-order chi connectivity index (χ1) is 14.4. The summed E-state index contributed by atoms with van der Waals surface area (Å²) in [4.78, 5) is 30.7. The molecule has 156 valence electrons. The van der Waals surface area contributed by atoms with Crippen molar-refractivity contribution in [2.45, 2.75) is 44.3 Å². The van der Waals surface area contributed by atoms with Crippen molar-refractivity contribution in [1.82, 2.24) is 19.2 Å². The van der Waals surface area contributed by atoms with Gasteiger partial charge in [-0.15, -0.1) is 11.7 Å². The number of benzene rings is 1. The van der Waals surface area contributed by atoms with Crippen molar-refractivity contribution in [1.29, 1.82) is 0 Å². The number of fused-ring (bicyclic) bond motifs is 4. The Hall–Kier alpha value is -2.87. The zero-order valence-electron chi connectivity index (χ0n) is 17.3. The second-order valence-corrected chi connectivity index (χ2v) is 8.83. The van der Waals surface area contributed by atoms with E-state index in [1.165, 1.54) is 20.8 Å². The Morgan fingerprint density at radius 1 is 1.37 bits per heavy atom. The summed E-state index contributed by atoms with van der Waals surface area (Å²) in [6.45, 7) is 9.80. The summed E-state index contributed by atoms with van der Waals surface area (Å²) in [6, 6.07) is 8.02. The highest BCUT2D eigenvalue weighted by Crippen LogP contribution is 2.40. The summed E-state index contributed by atoms with van der Waals surface area (Å²) in [5.41, 5.74) is 2.93. The maximum absolute atomic E-state index is 13.7. The third kappa shape index (κ3) is 3.35. The molecule has 0 spiro atoms. The molecule has 0 atom stereocenters. The fraction of sp³-hybridized carbons (Fsp3) is 0.364. The Bertz CT molecular complexity index is 1210. The zero-order valence-corrected chi connectivity index (χ0v) is 18.2. The Labute approximate surface area is 178 Å². The van der Waals surface area contributed by atoms with Crippen LogP contribution in [0.3, 0.4) is 0 Å². The van der Waals surface area contributed by atoms with Gasteiger partial charge in [0.25, 0.3) is 5.56 Å². The molecule has 1 aromatic carbocycles. The van der Waals surface area contributed by atoms with Crippen LogP contribution in [0.5, 0.6) is 0 Å². The molecule has 0 unspecified atom stereocenters. The average Bonchev–Trinajstić information content (AvgIpc) is 3.03. The molecule has 30 heavy (non-hydrogen) atoms. The fourth-order valence-electron chi connectivity index (χ4n) is 3.98. The number of carbonyl (C=O) groups excluding carboxylic acids is 1. The van der Waals surface area contributed by atoms with Crippen LogP contribution in [-0.4, -0.2) is 37.5 Å². The maximum atomic E-state index is 13.7. The van der Waals surface area contributed by atoms with Crippen LogP contribution in [-0.2, 0) is 27.9 Å². The molecule has 0 bridgehead atoms. The van der Waals surface area contributed by atoms with Gasteiger partial charge in [-0.3, -0.25) is 9.59 Å². The quantitative estimate of drug-likeness (QED) is 0.343. The van der Waals surface area contributed by atoms with Gasteiger partial charge >= 0.3 is 5.97 Å². The number of aromatic nitrogens is 4. The van der Waals surface area contributed by atoms with E-state index in [-0.39, 0.29) is 24.1 Å². The molecule has 4 rings (SSSR count). The summed E-state index contributed by atoms with van der Waals surface area (Å²) in [6.07, 6.45) is 2.50. The Balaban J connectivity index is 2.01.